The summed E-state index contributed by atoms with van der Waals surface area (Å²) >= 11 is 0. The highest BCUT2D eigenvalue weighted by molar-refractivity contribution is 4.87. The second kappa shape index (κ2) is 6.55. The van der Waals surface area contributed by atoms with Crippen LogP contribution in [-0.2, 0) is 4.74 Å². The second-order valence-corrected chi connectivity index (χ2v) is 4.74. The third-order valence-electron chi connectivity index (χ3n) is 3.70. The molecular weight excluding hydrogens is 202 g/mol. The van der Waals surface area contributed by atoms with E-state index >= 15 is 0 Å². The fourth-order valence-electron chi connectivity index (χ4n) is 2.81. The molecular formula is C12H25N3O. The van der Waals surface area contributed by atoms with Gasteiger partial charge in [-0.15, -0.1) is 0 Å². The molecule has 16 heavy (non-hydrogen) atoms. The minimum atomic E-state index is 0.602. The maximum atomic E-state index is 5.43. The summed E-state index contributed by atoms with van der Waals surface area (Å²) in [7, 11) is 0. The van der Waals surface area contributed by atoms with E-state index in [0.717, 1.165) is 45.9 Å². The van der Waals surface area contributed by atoms with E-state index in [9.17, 15) is 0 Å². The minimum Gasteiger partial charge on any atom is -0.379 e. The Morgan fingerprint density at radius 3 is 2.88 bits per heavy atom. The Morgan fingerprint density at radius 2 is 2.12 bits per heavy atom. The molecule has 0 aliphatic carbocycles. The Hall–Kier alpha value is -0.160. The number of hydrogen-bond acceptors (Lipinski definition) is 4. The van der Waals surface area contributed by atoms with E-state index < -0.39 is 0 Å². The van der Waals surface area contributed by atoms with Crippen LogP contribution in [0, 0.1) is 0 Å². The molecule has 0 aromatic heterocycles. The highest BCUT2D eigenvalue weighted by Gasteiger charge is 2.27. The molecule has 2 aliphatic heterocycles. The molecule has 0 spiro atoms. The number of nitrogens with zero attached hydrogens (tertiary/aromatic N) is 1. The highest BCUT2D eigenvalue weighted by Crippen LogP contribution is 2.12. The standard InChI is InChI=1S/C12H25N3O/c1-2-12(15-6-8-16-9-7-15)11-10-13-4-3-5-14-11/h11-14H,2-10H2,1H3. The van der Waals surface area contributed by atoms with Crippen LogP contribution in [-0.4, -0.2) is 62.9 Å². The third-order valence-corrected chi connectivity index (χ3v) is 3.70. The van der Waals surface area contributed by atoms with Gasteiger partial charge in [-0.1, -0.05) is 6.92 Å². The van der Waals surface area contributed by atoms with Crippen LogP contribution in [0.3, 0.4) is 0 Å². The maximum Gasteiger partial charge on any atom is 0.0594 e. The largest absolute Gasteiger partial charge is 0.379 e. The molecule has 0 saturated carbocycles. The number of ether oxygens (including phenoxy) is 1. The Bertz CT molecular complexity index is 187. The summed E-state index contributed by atoms with van der Waals surface area (Å²) in [6.45, 7) is 9.70. The molecule has 4 nitrogen and oxygen atoms in total. The van der Waals surface area contributed by atoms with E-state index in [2.05, 4.69) is 22.5 Å². The maximum absolute atomic E-state index is 5.43. The molecule has 2 heterocycles. The molecule has 0 bridgehead atoms. The molecule has 0 aromatic carbocycles. The first-order valence-electron chi connectivity index (χ1n) is 6.67. The van der Waals surface area contributed by atoms with E-state index in [1.807, 2.05) is 0 Å². The first-order valence-corrected chi connectivity index (χ1v) is 6.67. The molecule has 94 valence electrons. The van der Waals surface area contributed by atoms with Crippen LogP contribution in [0.25, 0.3) is 0 Å². The molecule has 2 fully saturated rings. The van der Waals surface area contributed by atoms with Gasteiger partial charge in [0, 0.05) is 31.7 Å². The van der Waals surface area contributed by atoms with E-state index in [-0.39, 0.29) is 0 Å². The van der Waals surface area contributed by atoms with Crippen molar-refractivity contribution in [1.29, 1.82) is 0 Å². The van der Waals surface area contributed by atoms with Crippen LogP contribution in [0.4, 0.5) is 0 Å². The van der Waals surface area contributed by atoms with Crippen molar-refractivity contribution in [3.63, 3.8) is 0 Å². The van der Waals surface area contributed by atoms with Gasteiger partial charge < -0.3 is 15.4 Å². The molecule has 2 aliphatic rings. The van der Waals surface area contributed by atoms with Gasteiger partial charge in [-0.05, 0) is 25.9 Å². The molecule has 2 rings (SSSR count). The molecule has 2 saturated heterocycles. The fraction of sp³-hybridized carbons (Fsp3) is 1.00. The Kier molecular flexibility index (Phi) is 5.03. The van der Waals surface area contributed by atoms with Crippen molar-refractivity contribution >= 4 is 0 Å². The van der Waals surface area contributed by atoms with E-state index in [1.165, 1.54) is 12.8 Å². The summed E-state index contributed by atoms with van der Waals surface area (Å²) in [6, 6.07) is 1.26. The molecule has 0 aromatic rings. The predicted octanol–water partition coefficient (Wildman–Crippen LogP) is 0.0487. The fourth-order valence-corrected chi connectivity index (χ4v) is 2.81. The summed E-state index contributed by atoms with van der Waals surface area (Å²) in [5.41, 5.74) is 0. The smallest absolute Gasteiger partial charge is 0.0594 e. The van der Waals surface area contributed by atoms with Gasteiger partial charge in [0.15, 0.2) is 0 Å². The number of hydrogen-bond donors (Lipinski definition) is 2. The molecule has 2 unspecified atom stereocenters. The van der Waals surface area contributed by atoms with Gasteiger partial charge in [0.25, 0.3) is 0 Å². The minimum absolute atomic E-state index is 0.602. The molecule has 2 atom stereocenters. The third kappa shape index (κ3) is 3.17. The van der Waals surface area contributed by atoms with Crippen LogP contribution < -0.4 is 10.6 Å². The van der Waals surface area contributed by atoms with E-state index in [1.54, 1.807) is 0 Å². The van der Waals surface area contributed by atoms with Crippen LogP contribution in [0.1, 0.15) is 19.8 Å². The van der Waals surface area contributed by atoms with Gasteiger partial charge in [0.2, 0.25) is 0 Å². The predicted molar refractivity (Wildman–Crippen MR) is 65.7 cm³/mol. The monoisotopic (exact) mass is 227 g/mol. The van der Waals surface area contributed by atoms with Crippen LogP contribution in [0.5, 0.6) is 0 Å². The highest BCUT2D eigenvalue weighted by atomic mass is 16.5. The number of nitrogens with one attached hydrogen (secondary N) is 2. The summed E-state index contributed by atoms with van der Waals surface area (Å²) in [4.78, 5) is 2.59. The van der Waals surface area contributed by atoms with Crippen LogP contribution >= 0.6 is 0 Å². The molecule has 0 amide bonds. The van der Waals surface area contributed by atoms with Crippen molar-refractivity contribution in [2.45, 2.75) is 31.8 Å². The van der Waals surface area contributed by atoms with Gasteiger partial charge in [0.1, 0.15) is 0 Å². The summed E-state index contributed by atoms with van der Waals surface area (Å²) < 4.78 is 5.43. The van der Waals surface area contributed by atoms with Crippen molar-refractivity contribution in [3.05, 3.63) is 0 Å². The van der Waals surface area contributed by atoms with Crippen molar-refractivity contribution in [3.8, 4) is 0 Å². The topological polar surface area (TPSA) is 36.5 Å². The lowest BCUT2D eigenvalue weighted by Crippen LogP contribution is -2.55. The normalized spacial score (nSPS) is 30.9. The zero-order valence-electron chi connectivity index (χ0n) is 10.4. The zero-order valence-corrected chi connectivity index (χ0v) is 10.4. The lowest BCUT2D eigenvalue weighted by Gasteiger charge is -2.38. The van der Waals surface area contributed by atoms with Crippen molar-refractivity contribution in [2.24, 2.45) is 0 Å². The van der Waals surface area contributed by atoms with Gasteiger partial charge in [-0.2, -0.15) is 0 Å². The Morgan fingerprint density at radius 1 is 1.31 bits per heavy atom. The van der Waals surface area contributed by atoms with Gasteiger partial charge >= 0.3 is 0 Å². The summed E-state index contributed by atoms with van der Waals surface area (Å²) in [5.74, 6) is 0. The van der Waals surface area contributed by atoms with Crippen molar-refractivity contribution in [2.75, 3.05) is 45.9 Å². The first-order chi connectivity index (χ1) is 7.92. The lowest BCUT2D eigenvalue weighted by molar-refractivity contribution is 0.00757. The lowest BCUT2D eigenvalue weighted by atomic mass is 10.0. The Labute approximate surface area is 98.7 Å². The van der Waals surface area contributed by atoms with Gasteiger partial charge in [-0.3, -0.25) is 4.90 Å². The SMILES string of the molecule is CCC(C1CNCCCN1)N1CCOCC1. The number of rotatable bonds is 3. The second-order valence-electron chi connectivity index (χ2n) is 4.74. The summed E-state index contributed by atoms with van der Waals surface area (Å²) in [6.07, 6.45) is 2.47. The molecule has 0 radical (unpaired) electrons. The molecule has 4 heteroatoms. The van der Waals surface area contributed by atoms with Crippen LogP contribution in [0.2, 0.25) is 0 Å². The van der Waals surface area contributed by atoms with Gasteiger partial charge in [0.05, 0.1) is 13.2 Å². The summed E-state index contributed by atoms with van der Waals surface area (Å²) in [5, 5.41) is 7.22. The Balaban J connectivity index is 1.90. The average Bonchev–Trinajstić information content (AvgIpc) is 2.61. The van der Waals surface area contributed by atoms with E-state index in [0.29, 0.717) is 12.1 Å². The quantitative estimate of drug-likeness (QED) is 0.714. The van der Waals surface area contributed by atoms with E-state index in [4.69, 9.17) is 4.74 Å². The molecule has 2 N–H and O–H groups in total. The zero-order chi connectivity index (χ0) is 11.2. The van der Waals surface area contributed by atoms with Crippen molar-refractivity contribution < 1.29 is 4.74 Å². The van der Waals surface area contributed by atoms with Gasteiger partial charge in [-0.25, -0.2) is 0 Å². The first kappa shape index (κ1) is 12.3. The average molecular weight is 227 g/mol. The van der Waals surface area contributed by atoms with Crippen LogP contribution in [0.15, 0.2) is 0 Å². The number of morpholine rings is 1. The van der Waals surface area contributed by atoms with Crippen molar-refractivity contribution in [1.82, 2.24) is 15.5 Å².